The van der Waals surface area contributed by atoms with Crippen molar-refractivity contribution in [1.82, 2.24) is 0 Å². The Morgan fingerprint density at radius 2 is 2.23 bits per heavy atom. The van der Waals surface area contributed by atoms with Crippen molar-refractivity contribution in [3.05, 3.63) is 23.7 Å². The second-order valence-corrected chi connectivity index (χ2v) is 3.75. The Morgan fingerprint density at radius 1 is 1.54 bits per heavy atom. The Balaban J connectivity index is 2.93. The van der Waals surface area contributed by atoms with E-state index in [9.17, 15) is 0 Å². The van der Waals surface area contributed by atoms with Crippen molar-refractivity contribution < 1.29 is 14.3 Å². The molecule has 3 heteroatoms. The van der Waals surface area contributed by atoms with E-state index in [2.05, 4.69) is 0 Å². The Hall–Kier alpha value is -0.800. The standard InChI is InChI=1S/C10H16O3/c1-10(2,7-11)9-8(6-12-3)4-5-13-9/h4-5,11H,6-7H2,1-3H3. The summed E-state index contributed by atoms with van der Waals surface area (Å²) in [5.41, 5.74) is 0.665. The molecular formula is C10H16O3. The Kier molecular flexibility index (Phi) is 3.12. The average molecular weight is 184 g/mol. The molecule has 1 N–H and O–H groups in total. The molecule has 0 saturated heterocycles. The van der Waals surface area contributed by atoms with Gasteiger partial charge >= 0.3 is 0 Å². The highest BCUT2D eigenvalue weighted by atomic mass is 16.5. The van der Waals surface area contributed by atoms with Crippen molar-refractivity contribution in [2.24, 2.45) is 0 Å². The van der Waals surface area contributed by atoms with E-state index in [1.54, 1.807) is 13.4 Å². The summed E-state index contributed by atoms with van der Waals surface area (Å²) in [6.07, 6.45) is 1.63. The van der Waals surface area contributed by atoms with E-state index < -0.39 is 0 Å². The molecule has 3 nitrogen and oxygen atoms in total. The zero-order valence-corrected chi connectivity index (χ0v) is 8.33. The van der Waals surface area contributed by atoms with Gasteiger partial charge in [-0.1, -0.05) is 13.8 Å². The summed E-state index contributed by atoms with van der Waals surface area (Å²) in [6, 6.07) is 1.87. The van der Waals surface area contributed by atoms with Crippen LogP contribution in [0.2, 0.25) is 0 Å². The van der Waals surface area contributed by atoms with E-state index in [0.717, 1.165) is 11.3 Å². The number of ether oxygens (including phenoxy) is 1. The van der Waals surface area contributed by atoms with E-state index in [4.69, 9.17) is 14.3 Å². The van der Waals surface area contributed by atoms with Gasteiger partial charge in [-0.15, -0.1) is 0 Å². The van der Waals surface area contributed by atoms with Gasteiger partial charge in [-0.25, -0.2) is 0 Å². The second-order valence-electron chi connectivity index (χ2n) is 3.75. The lowest BCUT2D eigenvalue weighted by atomic mass is 9.89. The molecule has 0 radical (unpaired) electrons. The molecular weight excluding hydrogens is 168 g/mol. The molecule has 1 aromatic rings. The molecule has 0 aliphatic heterocycles. The monoisotopic (exact) mass is 184 g/mol. The first-order valence-electron chi connectivity index (χ1n) is 4.28. The van der Waals surface area contributed by atoms with Gasteiger partial charge in [0, 0.05) is 18.1 Å². The molecule has 0 atom stereocenters. The van der Waals surface area contributed by atoms with Crippen molar-refractivity contribution in [3.63, 3.8) is 0 Å². The van der Waals surface area contributed by atoms with Crippen LogP contribution in [0.1, 0.15) is 25.2 Å². The predicted molar refractivity (Wildman–Crippen MR) is 49.5 cm³/mol. The van der Waals surface area contributed by atoms with Gasteiger partial charge in [0.2, 0.25) is 0 Å². The van der Waals surface area contributed by atoms with Crippen LogP contribution < -0.4 is 0 Å². The van der Waals surface area contributed by atoms with Crippen LogP contribution in [0, 0.1) is 0 Å². The molecule has 0 aliphatic carbocycles. The Bertz CT molecular complexity index is 263. The summed E-state index contributed by atoms with van der Waals surface area (Å²) < 4.78 is 10.4. The largest absolute Gasteiger partial charge is 0.468 e. The van der Waals surface area contributed by atoms with Gasteiger partial charge in [0.1, 0.15) is 5.76 Å². The maximum Gasteiger partial charge on any atom is 0.117 e. The van der Waals surface area contributed by atoms with E-state index in [0.29, 0.717) is 6.61 Å². The number of hydrogen-bond acceptors (Lipinski definition) is 3. The fourth-order valence-electron chi connectivity index (χ4n) is 1.27. The summed E-state index contributed by atoms with van der Waals surface area (Å²) in [6.45, 7) is 4.46. The van der Waals surface area contributed by atoms with Gasteiger partial charge in [-0.3, -0.25) is 0 Å². The topological polar surface area (TPSA) is 42.6 Å². The minimum atomic E-state index is -0.336. The summed E-state index contributed by atoms with van der Waals surface area (Å²) in [5, 5.41) is 9.16. The molecule has 0 saturated carbocycles. The van der Waals surface area contributed by atoms with Gasteiger partial charge in [0.15, 0.2) is 0 Å². The SMILES string of the molecule is COCc1ccoc1C(C)(C)CO. The Morgan fingerprint density at radius 3 is 2.77 bits per heavy atom. The third-order valence-corrected chi connectivity index (χ3v) is 2.06. The van der Waals surface area contributed by atoms with Gasteiger partial charge in [0.05, 0.1) is 19.5 Å². The molecule has 0 bridgehead atoms. The number of hydrogen-bond donors (Lipinski definition) is 1. The molecule has 0 spiro atoms. The normalized spacial score (nSPS) is 12.0. The molecule has 74 valence electrons. The maximum atomic E-state index is 9.16. The van der Waals surface area contributed by atoms with E-state index in [1.807, 2.05) is 19.9 Å². The zero-order valence-electron chi connectivity index (χ0n) is 8.33. The second kappa shape index (κ2) is 3.94. The minimum absolute atomic E-state index is 0.0667. The molecule has 0 unspecified atom stereocenters. The van der Waals surface area contributed by atoms with Gasteiger partial charge < -0.3 is 14.3 Å². The zero-order chi connectivity index (χ0) is 9.90. The smallest absolute Gasteiger partial charge is 0.117 e. The summed E-state index contributed by atoms with van der Waals surface area (Å²) >= 11 is 0. The summed E-state index contributed by atoms with van der Waals surface area (Å²) in [7, 11) is 1.64. The minimum Gasteiger partial charge on any atom is -0.468 e. The molecule has 0 fully saturated rings. The number of aliphatic hydroxyl groups excluding tert-OH is 1. The Labute approximate surface area is 78.3 Å². The maximum absolute atomic E-state index is 9.16. The molecule has 0 aliphatic rings. The lowest BCUT2D eigenvalue weighted by molar-refractivity contribution is 0.169. The van der Waals surface area contributed by atoms with Gasteiger partial charge in [-0.05, 0) is 6.07 Å². The lowest BCUT2D eigenvalue weighted by Gasteiger charge is -2.20. The van der Waals surface area contributed by atoms with Crippen LogP contribution in [-0.2, 0) is 16.8 Å². The highest BCUT2D eigenvalue weighted by Crippen LogP contribution is 2.27. The number of rotatable bonds is 4. The van der Waals surface area contributed by atoms with E-state index in [1.165, 1.54) is 0 Å². The first-order valence-corrected chi connectivity index (χ1v) is 4.28. The summed E-state index contributed by atoms with van der Waals surface area (Å²) in [5.74, 6) is 0.803. The number of furan rings is 1. The molecule has 0 aromatic carbocycles. The number of aliphatic hydroxyl groups is 1. The lowest BCUT2D eigenvalue weighted by Crippen LogP contribution is -2.22. The highest BCUT2D eigenvalue weighted by molar-refractivity contribution is 5.23. The summed E-state index contributed by atoms with van der Waals surface area (Å²) in [4.78, 5) is 0. The van der Waals surface area contributed by atoms with Crippen LogP contribution in [0.15, 0.2) is 16.7 Å². The van der Waals surface area contributed by atoms with Crippen molar-refractivity contribution >= 4 is 0 Å². The van der Waals surface area contributed by atoms with Crippen molar-refractivity contribution in [3.8, 4) is 0 Å². The van der Waals surface area contributed by atoms with Crippen molar-refractivity contribution in [1.29, 1.82) is 0 Å². The highest BCUT2D eigenvalue weighted by Gasteiger charge is 2.25. The van der Waals surface area contributed by atoms with Crippen LogP contribution in [-0.4, -0.2) is 18.8 Å². The molecule has 0 amide bonds. The predicted octanol–water partition coefficient (Wildman–Crippen LogP) is 1.70. The van der Waals surface area contributed by atoms with E-state index >= 15 is 0 Å². The first kappa shape index (κ1) is 10.3. The average Bonchev–Trinajstić information content (AvgIpc) is 2.54. The fraction of sp³-hybridized carbons (Fsp3) is 0.600. The number of methoxy groups -OCH3 is 1. The van der Waals surface area contributed by atoms with Crippen LogP contribution >= 0.6 is 0 Å². The molecule has 1 heterocycles. The van der Waals surface area contributed by atoms with Crippen LogP contribution in [0.4, 0.5) is 0 Å². The quantitative estimate of drug-likeness (QED) is 0.774. The fourth-order valence-corrected chi connectivity index (χ4v) is 1.27. The first-order chi connectivity index (χ1) is 6.11. The van der Waals surface area contributed by atoms with E-state index in [-0.39, 0.29) is 12.0 Å². The molecule has 1 rings (SSSR count). The third-order valence-electron chi connectivity index (χ3n) is 2.06. The van der Waals surface area contributed by atoms with Crippen molar-refractivity contribution in [2.45, 2.75) is 25.9 Å². The van der Waals surface area contributed by atoms with Crippen LogP contribution in [0.25, 0.3) is 0 Å². The third kappa shape index (κ3) is 2.11. The van der Waals surface area contributed by atoms with Gasteiger partial charge in [-0.2, -0.15) is 0 Å². The van der Waals surface area contributed by atoms with Gasteiger partial charge in [0.25, 0.3) is 0 Å². The van der Waals surface area contributed by atoms with Crippen LogP contribution in [0.5, 0.6) is 0 Å². The van der Waals surface area contributed by atoms with Crippen molar-refractivity contribution in [2.75, 3.05) is 13.7 Å². The molecule has 13 heavy (non-hydrogen) atoms. The van der Waals surface area contributed by atoms with Crippen LogP contribution in [0.3, 0.4) is 0 Å². The molecule has 1 aromatic heterocycles.